The van der Waals surface area contributed by atoms with Crippen molar-refractivity contribution in [2.45, 2.75) is 17.2 Å². The van der Waals surface area contributed by atoms with Crippen LogP contribution in [0.25, 0.3) is 0 Å². The van der Waals surface area contributed by atoms with Gasteiger partial charge < -0.3 is 9.84 Å². The number of ether oxygens (including phenoxy) is 1. The highest BCUT2D eigenvalue weighted by Crippen LogP contribution is 2.26. The fourth-order valence-corrected chi connectivity index (χ4v) is 3.88. The van der Waals surface area contributed by atoms with Crippen LogP contribution in [0.3, 0.4) is 0 Å². The van der Waals surface area contributed by atoms with Gasteiger partial charge in [0.05, 0.1) is 24.2 Å². The summed E-state index contributed by atoms with van der Waals surface area (Å²) < 4.78 is 29.8. The van der Waals surface area contributed by atoms with Crippen molar-refractivity contribution in [1.82, 2.24) is 0 Å². The van der Waals surface area contributed by atoms with Gasteiger partial charge >= 0.3 is 5.97 Å². The van der Waals surface area contributed by atoms with Crippen molar-refractivity contribution >= 4 is 15.8 Å². The van der Waals surface area contributed by atoms with Crippen LogP contribution in [0.1, 0.15) is 17.9 Å². The van der Waals surface area contributed by atoms with Crippen LogP contribution in [-0.4, -0.2) is 32.4 Å². The monoisotopic (exact) mass is 334 g/mol. The molecule has 0 aliphatic heterocycles. The quantitative estimate of drug-likeness (QED) is 0.821. The molecule has 0 saturated carbocycles. The van der Waals surface area contributed by atoms with Crippen LogP contribution in [0.4, 0.5) is 0 Å². The summed E-state index contributed by atoms with van der Waals surface area (Å²) in [6.07, 6.45) is -0.0160. The minimum absolute atomic E-state index is 0.00174. The Morgan fingerprint density at radius 2 is 1.70 bits per heavy atom. The number of rotatable bonds is 6. The Hall–Kier alpha value is -2.34. The average molecular weight is 334 g/mol. The van der Waals surface area contributed by atoms with E-state index in [4.69, 9.17) is 0 Å². The van der Waals surface area contributed by atoms with Crippen LogP contribution in [0, 0.1) is 0 Å². The van der Waals surface area contributed by atoms with Crippen molar-refractivity contribution < 1.29 is 23.1 Å². The number of hydrogen-bond donors (Lipinski definition) is 1. The van der Waals surface area contributed by atoms with Crippen LogP contribution >= 0.6 is 0 Å². The molecule has 0 heterocycles. The lowest BCUT2D eigenvalue weighted by Crippen LogP contribution is -2.18. The summed E-state index contributed by atoms with van der Waals surface area (Å²) in [5, 5.41) is 9.28. The van der Waals surface area contributed by atoms with Gasteiger partial charge in [0, 0.05) is 5.92 Å². The fraction of sp³-hybridized carbons (Fsp3) is 0.235. The first-order chi connectivity index (χ1) is 10.9. The number of phenols is 1. The maximum atomic E-state index is 12.6. The van der Waals surface area contributed by atoms with E-state index in [1.165, 1.54) is 31.4 Å². The fourth-order valence-electron chi connectivity index (χ4n) is 2.30. The van der Waals surface area contributed by atoms with E-state index in [1.807, 2.05) is 6.07 Å². The minimum atomic E-state index is -3.60. The van der Waals surface area contributed by atoms with Gasteiger partial charge in [-0.05, 0) is 29.8 Å². The van der Waals surface area contributed by atoms with E-state index in [1.54, 1.807) is 24.3 Å². The Labute approximate surface area is 135 Å². The predicted octanol–water partition coefficient (Wildman–Crippen LogP) is 2.51. The zero-order chi connectivity index (χ0) is 16.9. The normalized spacial score (nSPS) is 12.6. The standard InChI is InChI=1S/C17H18O5S/c1-22-17(19)11-14(13-5-3-2-4-6-13)12-23(20,21)16-9-7-15(18)8-10-16/h2-10,14,18H,11-12H2,1H3. The predicted molar refractivity (Wildman–Crippen MR) is 86.0 cm³/mol. The molecule has 122 valence electrons. The average Bonchev–Trinajstić information content (AvgIpc) is 2.55. The highest BCUT2D eigenvalue weighted by Gasteiger charge is 2.25. The number of phenolic OH excluding ortho intramolecular Hbond substituents is 1. The zero-order valence-corrected chi connectivity index (χ0v) is 13.5. The van der Waals surface area contributed by atoms with Gasteiger partial charge in [-0.1, -0.05) is 30.3 Å². The number of methoxy groups -OCH3 is 1. The Bertz CT molecular complexity index is 751. The molecule has 1 N–H and O–H groups in total. The molecule has 0 aliphatic carbocycles. The number of carbonyl (C=O) groups is 1. The SMILES string of the molecule is COC(=O)CC(CS(=O)(=O)c1ccc(O)cc1)c1ccccc1. The molecule has 6 heteroatoms. The van der Waals surface area contributed by atoms with Gasteiger partial charge in [-0.3, -0.25) is 4.79 Å². The van der Waals surface area contributed by atoms with Crippen LogP contribution in [-0.2, 0) is 19.4 Å². The van der Waals surface area contributed by atoms with E-state index < -0.39 is 21.7 Å². The zero-order valence-electron chi connectivity index (χ0n) is 12.7. The number of benzene rings is 2. The van der Waals surface area contributed by atoms with Crippen LogP contribution in [0.15, 0.2) is 59.5 Å². The maximum Gasteiger partial charge on any atom is 0.306 e. The van der Waals surface area contributed by atoms with Crippen molar-refractivity contribution in [3.8, 4) is 5.75 Å². The molecular formula is C17H18O5S. The molecule has 2 aromatic rings. The molecule has 1 unspecified atom stereocenters. The third kappa shape index (κ3) is 4.56. The van der Waals surface area contributed by atoms with Crippen molar-refractivity contribution in [1.29, 1.82) is 0 Å². The van der Waals surface area contributed by atoms with Crippen LogP contribution in [0.5, 0.6) is 5.75 Å². The molecule has 0 amide bonds. The Morgan fingerprint density at radius 1 is 1.09 bits per heavy atom. The number of aromatic hydroxyl groups is 1. The van der Waals surface area contributed by atoms with Crippen molar-refractivity contribution in [2.24, 2.45) is 0 Å². The molecule has 0 saturated heterocycles. The highest BCUT2D eigenvalue weighted by atomic mass is 32.2. The highest BCUT2D eigenvalue weighted by molar-refractivity contribution is 7.91. The first-order valence-corrected chi connectivity index (χ1v) is 8.71. The van der Waals surface area contributed by atoms with Crippen LogP contribution in [0.2, 0.25) is 0 Å². The van der Waals surface area contributed by atoms with E-state index >= 15 is 0 Å². The smallest absolute Gasteiger partial charge is 0.306 e. The van der Waals surface area contributed by atoms with Gasteiger partial charge in [-0.2, -0.15) is 0 Å². The van der Waals surface area contributed by atoms with E-state index in [9.17, 15) is 18.3 Å². The third-order valence-corrected chi connectivity index (χ3v) is 5.36. The summed E-state index contributed by atoms with van der Waals surface area (Å²) in [5.41, 5.74) is 0.764. The van der Waals surface area contributed by atoms with Gasteiger partial charge in [-0.15, -0.1) is 0 Å². The summed E-state index contributed by atoms with van der Waals surface area (Å²) in [4.78, 5) is 11.7. The van der Waals surface area contributed by atoms with Gasteiger partial charge in [0.2, 0.25) is 0 Å². The second-order valence-electron chi connectivity index (χ2n) is 5.16. The van der Waals surface area contributed by atoms with E-state index in [-0.39, 0.29) is 22.8 Å². The molecule has 2 aromatic carbocycles. The van der Waals surface area contributed by atoms with Gasteiger partial charge in [0.15, 0.2) is 9.84 Å². The molecule has 0 aromatic heterocycles. The Morgan fingerprint density at radius 3 is 2.26 bits per heavy atom. The second kappa shape index (κ2) is 7.28. The van der Waals surface area contributed by atoms with E-state index in [0.29, 0.717) is 0 Å². The molecule has 0 bridgehead atoms. The topological polar surface area (TPSA) is 80.7 Å². The second-order valence-corrected chi connectivity index (χ2v) is 7.20. The number of hydrogen-bond acceptors (Lipinski definition) is 5. The molecule has 0 radical (unpaired) electrons. The lowest BCUT2D eigenvalue weighted by molar-refractivity contribution is -0.140. The van der Waals surface area contributed by atoms with Crippen molar-refractivity contribution in [3.63, 3.8) is 0 Å². The third-order valence-electron chi connectivity index (χ3n) is 3.53. The number of carbonyl (C=O) groups excluding carboxylic acids is 1. The first-order valence-electron chi connectivity index (χ1n) is 7.06. The summed E-state index contributed by atoms with van der Waals surface area (Å²) in [7, 11) is -2.32. The lowest BCUT2D eigenvalue weighted by Gasteiger charge is -2.16. The summed E-state index contributed by atoms with van der Waals surface area (Å²) in [5.74, 6) is -1.17. The van der Waals surface area contributed by atoms with E-state index in [2.05, 4.69) is 4.74 Å². The molecular weight excluding hydrogens is 316 g/mol. The summed E-state index contributed by atoms with van der Waals surface area (Å²) >= 11 is 0. The lowest BCUT2D eigenvalue weighted by atomic mass is 9.98. The molecule has 2 rings (SSSR count). The van der Waals surface area contributed by atoms with Crippen molar-refractivity contribution in [3.05, 3.63) is 60.2 Å². The summed E-state index contributed by atoms with van der Waals surface area (Å²) in [6.45, 7) is 0. The van der Waals surface area contributed by atoms with Gasteiger partial charge in [0.25, 0.3) is 0 Å². The number of sulfone groups is 1. The summed E-state index contributed by atoms with van der Waals surface area (Å²) in [6, 6.07) is 14.4. The molecule has 1 atom stereocenters. The Balaban J connectivity index is 2.29. The molecule has 0 fully saturated rings. The molecule has 5 nitrogen and oxygen atoms in total. The maximum absolute atomic E-state index is 12.6. The van der Waals surface area contributed by atoms with Crippen LogP contribution < -0.4 is 0 Å². The van der Waals surface area contributed by atoms with Gasteiger partial charge in [0.1, 0.15) is 5.75 Å². The van der Waals surface area contributed by atoms with Crippen molar-refractivity contribution in [2.75, 3.05) is 12.9 Å². The molecule has 0 spiro atoms. The van der Waals surface area contributed by atoms with Gasteiger partial charge in [-0.25, -0.2) is 8.42 Å². The largest absolute Gasteiger partial charge is 0.508 e. The molecule has 0 aliphatic rings. The Kier molecular flexibility index (Phi) is 5.39. The molecule has 23 heavy (non-hydrogen) atoms. The van der Waals surface area contributed by atoms with E-state index in [0.717, 1.165) is 5.56 Å². The number of esters is 1. The minimum Gasteiger partial charge on any atom is -0.508 e. The first kappa shape index (κ1) is 17.0.